The SMILES string of the molecule is Cc1cc2ncc(CNCC3CCCS3)cn2n1. The van der Waals surface area contributed by atoms with Gasteiger partial charge in [0.05, 0.1) is 5.69 Å². The summed E-state index contributed by atoms with van der Waals surface area (Å²) in [6.45, 7) is 3.96. The predicted molar refractivity (Wildman–Crippen MR) is 74.9 cm³/mol. The monoisotopic (exact) mass is 262 g/mol. The summed E-state index contributed by atoms with van der Waals surface area (Å²) in [6, 6.07) is 1.99. The van der Waals surface area contributed by atoms with E-state index in [1.54, 1.807) is 0 Å². The number of aryl methyl sites for hydroxylation is 1. The molecule has 5 heteroatoms. The maximum absolute atomic E-state index is 4.41. The van der Waals surface area contributed by atoms with E-state index in [4.69, 9.17) is 0 Å². The number of hydrogen-bond donors (Lipinski definition) is 1. The number of aromatic nitrogens is 3. The van der Waals surface area contributed by atoms with E-state index >= 15 is 0 Å². The van der Waals surface area contributed by atoms with E-state index in [1.807, 2.05) is 23.7 Å². The third-order valence-corrected chi connectivity index (χ3v) is 4.61. The number of rotatable bonds is 4. The van der Waals surface area contributed by atoms with Crippen LogP contribution in [0.2, 0.25) is 0 Å². The molecule has 1 saturated heterocycles. The van der Waals surface area contributed by atoms with E-state index in [0.717, 1.165) is 29.7 Å². The molecule has 0 bridgehead atoms. The predicted octanol–water partition coefficient (Wildman–Crippen LogP) is 2.02. The van der Waals surface area contributed by atoms with Crippen molar-refractivity contribution in [1.82, 2.24) is 19.9 Å². The Kier molecular flexibility index (Phi) is 3.52. The third-order valence-electron chi connectivity index (χ3n) is 3.21. The van der Waals surface area contributed by atoms with Gasteiger partial charge in [0.15, 0.2) is 5.65 Å². The second-order valence-corrected chi connectivity index (χ2v) is 6.22. The van der Waals surface area contributed by atoms with E-state index in [1.165, 1.54) is 24.2 Å². The van der Waals surface area contributed by atoms with Crippen molar-refractivity contribution >= 4 is 17.4 Å². The molecule has 3 rings (SSSR count). The number of nitrogens with zero attached hydrogens (tertiary/aromatic N) is 3. The van der Waals surface area contributed by atoms with Gasteiger partial charge in [-0.3, -0.25) is 0 Å². The summed E-state index contributed by atoms with van der Waals surface area (Å²) in [4.78, 5) is 4.41. The Balaban J connectivity index is 1.59. The van der Waals surface area contributed by atoms with Crippen LogP contribution < -0.4 is 5.32 Å². The molecule has 0 aromatic carbocycles. The first-order valence-electron chi connectivity index (χ1n) is 6.44. The molecule has 0 spiro atoms. The first-order chi connectivity index (χ1) is 8.81. The van der Waals surface area contributed by atoms with Gasteiger partial charge in [0.2, 0.25) is 0 Å². The highest BCUT2D eigenvalue weighted by atomic mass is 32.2. The van der Waals surface area contributed by atoms with Crippen molar-refractivity contribution in [2.75, 3.05) is 12.3 Å². The molecule has 1 atom stereocenters. The van der Waals surface area contributed by atoms with Crippen LogP contribution in [0.25, 0.3) is 5.65 Å². The van der Waals surface area contributed by atoms with Crippen LogP contribution >= 0.6 is 11.8 Å². The minimum atomic E-state index is 0.800. The van der Waals surface area contributed by atoms with Gasteiger partial charge in [-0.15, -0.1) is 0 Å². The molecular formula is C13H18N4S. The largest absolute Gasteiger partial charge is 0.311 e. The molecule has 0 amide bonds. The summed E-state index contributed by atoms with van der Waals surface area (Å²) in [5, 5.41) is 8.69. The zero-order valence-corrected chi connectivity index (χ0v) is 11.4. The van der Waals surface area contributed by atoms with Crippen LogP contribution in [-0.4, -0.2) is 32.1 Å². The van der Waals surface area contributed by atoms with Gasteiger partial charge in [-0.2, -0.15) is 16.9 Å². The van der Waals surface area contributed by atoms with E-state index in [0.29, 0.717) is 0 Å². The average molecular weight is 262 g/mol. The highest BCUT2D eigenvalue weighted by Crippen LogP contribution is 2.25. The smallest absolute Gasteiger partial charge is 0.155 e. The van der Waals surface area contributed by atoms with E-state index in [2.05, 4.69) is 33.4 Å². The van der Waals surface area contributed by atoms with Crippen molar-refractivity contribution < 1.29 is 0 Å². The number of thioether (sulfide) groups is 1. The summed E-state index contributed by atoms with van der Waals surface area (Å²) in [6.07, 6.45) is 6.72. The Morgan fingerprint density at radius 2 is 2.50 bits per heavy atom. The van der Waals surface area contributed by atoms with Gasteiger partial charge in [0.25, 0.3) is 0 Å². The molecule has 2 aromatic heterocycles. The lowest BCUT2D eigenvalue weighted by molar-refractivity contribution is 0.642. The molecule has 96 valence electrons. The lowest BCUT2D eigenvalue weighted by atomic mass is 10.2. The van der Waals surface area contributed by atoms with E-state index in [-0.39, 0.29) is 0 Å². The van der Waals surface area contributed by atoms with Crippen molar-refractivity contribution in [2.24, 2.45) is 0 Å². The standard InChI is InChI=1S/C13H18N4S/c1-10-5-13-15-7-11(9-17(13)16-10)6-14-8-12-3-2-4-18-12/h5,7,9,12,14H,2-4,6,8H2,1H3. The van der Waals surface area contributed by atoms with Crippen LogP contribution in [-0.2, 0) is 6.54 Å². The quantitative estimate of drug-likeness (QED) is 0.915. The summed E-state index contributed by atoms with van der Waals surface area (Å²) in [7, 11) is 0. The summed E-state index contributed by atoms with van der Waals surface area (Å²) in [5.41, 5.74) is 3.12. The van der Waals surface area contributed by atoms with Crippen LogP contribution in [0.4, 0.5) is 0 Å². The fourth-order valence-electron chi connectivity index (χ4n) is 2.31. The van der Waals surface area contributed by atoms with Crippen LogP contribution in [0.5, 0.6) is 0 Å². The van der Waals surface area contributed by atoms with Crippen LogP contribution in [0.1, 0.15) is 24.1 Å². The molecule has 1 aliphatic rings. The average Bonchev–Trinajstić information content (AvgIpc) is 2.96. The highest BCUT2D eigenvalue weighted by molar-refractivity contribution is 8.00. The van der Waals surface area contributed by atoms with Crippen LogP contribution in [0, 0.1) is 6.92 Å². The van der Waals surface area contributed by atoms with Crippen LogP contribution in [0.15, 0.2) is 18.5 Å². The molecule has 0 aliphatic carbocycles. The van der Waals surface area contributed by atoms with Crippen molar-refractivity contribution in [1.29, 1.82) is 0 Å². The molecular weight excluding hydrogens is 244 g/mol. The molecule has 1 aliphatic heterocycles. The van der Waals surface area contributed by atoms with Gasteiger partial charge in [-0.1, -0.05) is 0 Å². The lowest BCUT2D eigenvalue weighted by Crippen LogP contribution is -2.22. The number of fused-ring (bicyclic) bond motifs is 1. The Morgan fingerprint density at radius 1 is 1.56 bits per heavy atom. The van der Waals surface area contributed by atoms with Crippen molar-refractivity contribution in [3.8, 4) is 0 Å². The van der Waals surface area contributed by atoms with E-state index in [9.17, 15) is 0 Å². The second kappa shape index (κ2) is 5.28. The minimum Gasteiger partial charge on any atom is -0.311 e. The first-order valence-corrected chi connectivity index (χ1v) is 7.49. The van der Waals surface area contributed by atoms with Gasteiger partial charge < -0.3 is 5.32 Å². The Bertz CT molecular complexity index is 531. The normalized spacial score (nSPS) is 19.7. The maximum Gasteiger partial charge on any atom is 0.155 e. The summed E-state index contributed by atoms with van der Waals surface area (Å²) >= 11 is 2.09. The molecule has 1 unspecified atom stereocenters. The van der Waals surface area contributed by atoms with E-state index < -0.39 is 0 Å². The van der Waals surface area contributed by atoms with Gasteiger partial charge >= 0.3 is 0 Å². The van der Waals surface area contributed by atoms with Crippen molar-refractivity contribution in [3.05, 3.63) is 29.7 Å². The fourth-order valence-corrected chi connectivity index (χ4v) is 3.54. The van der Waals surface area contributed by atoms with Gasteiger partial charge in [-0.25, -0.2) is 9.50 Å². The molecule has 1 N–H and O–H groups in total. The Labute approximate surface area is 111 Å². The van der Waals surface area contributed by atoms with Gasteiger partial charge in [0.1, 0.15) is 0 Å². The van der Waals surface area contributed by atoms with Gasteiger partial charge in [0, 0.05) is 42.4 Å². The molecule has 3 heterocycles. The van der Waals surface area contributed by atoms with Gasteiger partial charge in [-0.05, 0) is 25.5 Å². The molecule has 0 saturated carbocycles. The highest BCUT2D eigenvalue weighted by Gasteiger charge is 2.14. The maximum atomic E-state index is 4.41. The fraction of sp³-hybridized carbons (Fsp3) is 0.538. The topological polar surface area (TPSA) is 42.2 Å². The Hall–Kier alpha value is -1.07. The van der Waals surface area contributed by atoms with Crippen molar-refractivity contribution in [2.45, 2.75) is 31.6 Å². The minimum absolute atomic E-state index is 0.800. The number of hydrogen-bond acceptors (Lipinski definition) is 4. The van der Waals surface area contributed by atoms with Crippen molar-refractivity contribution in [3.63, 3.8) is 0 Å². The Morgan fingerprint density at radius 3 is 3.33 bits per heavy atom. The summed E-state index contributed by atoms with van der Waals surface area (Å²) < 4.78 is 1.86. The molecule has 1 fully saturated rings. The lowest BCUT2D eigenvalue weighted by Gasteiger charge is -2.09. The first kappa shape index (κ1) is 12.0. The molecule has 4 nitrogen and oxygen atoms in total. The molecule has 2 aromatic rings. The zero-order chi connectivity index (χ0) is 12.4. The summed E-state index contributed by atoms with van der Waals surface area (Å²) in [5.74, 6) is 1.33. The number of nitrogens with one attached hydrogen (secondary N) is 1. The zero-order valence-electron chi connectivity index (χ0n) is 10.6. The third kappa shape index (κ3) is 2.67. The molecule has 18 heavy (non-hydrogen) atoms. The molecule has 0 radical (unpaired) electrons. The van der Waals surface area contributed by atoms with Crippen LogP contribution in [0.3, 0.4) is 0 Å². The second-order valence-electron chi connectivity index (χ2n) is 4.82.